The first-order chi connectivity index (χ1) is 13.6. The molecule has 0 radical (unpaired) electrons. The number of carbonyl (C=O) groups is 2. The van der Waals surface area contributed by atoms with Crippen molar-refractivity contribution in [1.29, 1.82) is 0 Å². The molecule has 0 spiro atoms. The minimum Gasteiger partial charge on any atom is -0.503 e. The second-order valence-electron chi connectivity index (χ2n) is 6.58. The van der Waals surface area contributed by atoms with Crippen molar-refractivity contribution in [2.45, 2.75) is 25.9 Å². The third-order valence-corrected chi connectivity index (χ3v) is 4.90. The Kier molecular flexibility index (Phi) is 4.61. The smallest absolute Gasteiger partial charge is 0.290 e. The maximum absolute atomic E-state index is 13.0. The van der Waals surface area contributed by atoms with Gasteiger partial charge in [0.05, 0.1) is 30.7 Å². The van der Waals surface area contributed by atoms with Crippen molar-refractivity contribution >= 4 is 11.7 Å². The standard InChI is InChI=1S/C22H19NO5/c1-2-14-7-9-15(10-8-14)19-18(20(24)17-6-4-12-28-17)21(25)22(26)23(19)13-16-5-3-11-27-16/h3-12,19,25H,2,13H2,1H3. The molecule has 1 unspecified atom stereocenters. The van der Waals surface area contributed by atoms with Crippen molar-refractivity contribution < 1.29 is 23.5 Å². The number of Topliss-reactive ketones (excluding diaryl/α,β-unsaturated/α-hetero) is 1. The number of rotatable bonds is 6. The van der Waals surface area contributed by atoms with Crippen molar-refractivity contribution in [2.24, 2.45) is 0 Å². The quantitative estimate of drug-likeness (QED) is 0.651. The van der Waals surface area contributed by atoms with Crippen LogP contribution in [0.4, 0.5) is 0 Å². The number of nitrogens with zero attached hydrogens (tertiary/aromatic N) is 1. The third-order valence-electron chi connectivity index (χ3n) is 4.90. The van der Waals surface area contributed by atoms with Crippen LogP contribution in [0.5, 0.6) is 0 Å². The maximum atomic E-state index is 13.0. The van der Waals surface area contributed by atoms with E-state index in [0.29, 0.717) is 5.76 Å². The van der Waals surface area contributed by atoms with E-state index in [2.05, 4.69) is 6.92 Å². The van der Waals surface area contributed by atoms with Crippen LogP contribution in [-0.4, -0.2) is 21.7 Å². The molecule has 142 valence electrons. The number of aryl methyl sites for hydroxylation is 1. The van der Waals surface area contributed by atoms with Crippen molar-refractivity contribution in [2.75, 3.05) is 0 Å². The Balaban J connectivity index is 1.79. The molecule has 6 heteroatoms. The first kappa shape index (κ1) is 17.9. The van der Waals surface area contributed by atoms with Gasteiger partial charge in [0.15, 0.2) is 11.5 Å². The van der Waals surface area contributed by atoms with Crippen molar-refractivity contribution in [3.05, 3.63) is 95.0 Å². The van der Waals surface area contributed by atoms with E-state index in [0.717, 1.165) is 17.5 Å². The van der Waals surface area contributed by atoms with Crippen LogP contribution in [0.2, 0.25) is 0 Å². The number of benzene rings is 1. The van der Waals surface area contributed by atoms with Crippen LogP contribution in [0.15, 0.2) is 81.2 Å². The summed E-state index contributed by atoms with van der Waals surface area (Å²) in [6, 6.07) is 13.5. The van der Waals surface area contributed by atoms with E-state index in [1.165, 1.54) is 23.5 Å². The zero-order valence-electron chi connectivity index (χ0n) is 15.3. The molecule has 1 aromatic carbocycles. The van der Waals surface area contributed by atoms with E-state index < -0.39 is 23.5 Å². The summed E-state index contributed by atoms with van der Waals surface area (Å²) in [4.78, 5) is 27.3. The lowest BCUT2D eigenvalue weighted by atomic mass is 9.94. The molecule has 28 heavy (non-hydrogen) atoms. The summed E-state index contributed by atoms with van der Waals surface area (Å²) in [7, 11) is 0. The molecular formula is C22H19NO5. The molecule has 1 aliphatic heterocycles. The Morgan fingerprint density at radius 1 is 1.07 bits per heavy atom. The topological polar surface area (TPSA) is 83.9 Å². The van der Waals surface area contributed by atoms with Crippen LogP contribution in [-0.2, 0) is 17.8 Å². The van der Waals surface area contributed by atoms with Crippen LogP contribution in [0.25, 0.3) is 0 Å². The fraction of sp³-hybridized carbons (Fsp3) is 0.182. The van der Waals surface area contributed by atoms with Crippen LogP contribution in [0.3, 0.4) is 0 Å². The van der Waals surface area contributed by atoms with Crippen LogP contribution in [0, 0.1) is 0 Å². The van der Waals surface area contributed by atoms with Gasteiger partial charge < -0.3 is 18.8 Å². The van der Waals surface area contributed by atoms with Gasteiger partial charge in [0.2, 0.25) is 5.78 Å². The van der Waals surface area contributed by atoms with Gasteiger partial charge >= 0.3 is 0 Å². The number of ketones is 1. The third kappa shape index (κ3) is 3.03. The Bertz CT molecular complexity index is 1010. The van der Waals surface area contributed by atoms with Gasteiger partial charge in [-0.25, -0.2) is 0 Å². The van der Waals surface area contributed by atoms with Gasteiger partial charge in [-0.15, -0.1) is 0 Å². The number of hydrogen-bond donors (Lipinski definition) is 1. The number of aliphatic hydroxyl groups excluding tert-OH is 1. The molecule has 2 aromatic heterocycles. The van der Waals surface area contributed by atoms with Crippen LogP contribution in [0.1, 0.15) is 40.4 Å². The average Bonchev–Trinajstić information content (AvgIpc) is 3.46. The molecule has 1 N–H and O–H groups in total. The highest BCUT2D eigenvalue weighted by molar-refractivity contribution is 6.14. The molecule has 3 heterocycles. The molecule has 3 aromatic rings. The molecule has 0 aliphatic carbocycles. The highest BCUT2D eigenvalue weighted by Crippen LogP contribution is 2.40. The predicted molar refractivity (Wildman–Crippen MR) is 101 cm³/mol. The summed E-state index contributed by atoms with van der Waals surface area (Å²) in [5.74, 6) is -1.05. The number of hydrogen-bond acceptors (Lipinski definition) is 5. The van der Waals surface area contributed by atoms with Gasteiger partial charge in [0, 0.05) is 0 Å². The lowest BCUT2D eigenvalue weighted by Gasteiger charge is -2.26. The van der Waals surface area contributed by atoms with E-state index in [1.807, 2.05) is 24.3 Å². The highest BCUT2D eigenvalue weighted by atomic mass is 16.3. The Morgan fingerprint density at radius 2 is 1.79 bits per heavy atom. The van der Waals surface area contributed by atoms with Crippen LogP contribution < -0.4 is 0 Å². The van der Waals surface area contributed by atoms with Crippen molar-refractivity contribution in [3.8, 4) is 0 Å². The molecule has 1 amide bonds. The van der Waals surface area contributed by atoms with Gasteiger partial charge in [-0.05, 0) is 41.8 Å². The van der Waals surface area contributed by atoms with Gasteiger partial charge in [-0.1, -0.05) is 31.2 Å². The number of aliphatic hydroxyl groups is 1. The molecular weight excluding hydrogens is 358 g/mol. The molecule has 4 rings (SSSR count). The number of furan rings is 2. The van der Waals surface area contributed by atoms with Crippen LogP contribution >= 0.6 is 0 Å². The van der Waals surface area contributed by atoms with Crippen molar-refractivity contribution in [3.63, 3.8) is 0 Å². The molecule has 0 fully saturated rings. The minimum atomic E-state index is -0.735. The van der Waals surface area contributed by atoms with E-state index in [-0.39, 0.29) is 17.9 Å². The van der Waals surface area contributed by atoms with Gasteiger partial charge in [-0.3, -0.25) is 9.59 Å². The molecule has 1 aliphatic rings. The zero-order chi connectivity index (χ0) is 19.7. The first-order valence-electron chi connectivity index (χ1n) is 9.03. The van der Waals surface area contributed by atoms with Gasteiger partial charge in [0.1, 0.15) is 5.76 Å². The van der Waals surface area contributed by atoms with E-state index >= 15 is 0 Å². The lowest BCUT2D eigenvalue weighted by molar-refractivity contribution is -0.130. The summed E-state index contributed by atoms with van der Waals surface area (Å²) in [6.07, 6.45) is 3.77. The fourth-order valence-electron chi connectivity index (χ4n) is 3.44. The summed E-state index contributed by atoms with van der Waals surface area (Å²) in [6.45, 7) is 2.18. The fourth-order valence-corrected chi connectivity index (χ4v) is 3.44. The molecule has 0 saturated heterocycles. The maximum Gasteiger partial charge on any atom is 0.290 e. The minimum absolute atomic E-state index is 0.00996. The SMILES string of the molecule is CCc1ccc(C2C(C(=O)c3ccco3)=C(O)C(=O)N2Cc2ccco2)cc1. The summed E-state index contributed by atoms with van der Waals surface area (Å²) < 4.78 is 10.6. The molecule has 0 bridgehead atoms. The zero-order valence-corrected chi connectivity index (χ0v) is 15.3. The largest absolute Gasteiger partial charge is 0.503 e. The highest BCUT2D eigenvalue weighted by Gasteiger charge is 2.44. The van der Waals surface area contributed by atoms with Crippen molar-refractivity contribution in [1.82, 2.24) is 4.90 Å². The molecule has 0 saturated carbocycles. The second kappa shape index (κ2) is 7.23. The number of carbonyl (C=O) groups excluding carboxylic acids is 2. The Hall–Kier alpha value is -3.54. The summed E-state index contributed by atoms with van der Waals surface area (Å²) >= 11 is 0. The normalized spacial score (nSPS) is 16.8. The van der Waals surface area contributed by atoms with E-state index in [9.17, 15) is 14.7 Å². The summed E-state index contributed by atoms with van der Waals surface area (Å²) in [5, 5.41) is 10.6. The molecule has 6 nitrogen and oxygen atoms in total. The lowest BCUT2D eigenvalue weighted by Crippen LogP contribution is -2.30. The Labute approximate surface area is 161 Å². The summed E-state index contributed by atoms with van der Waals surface area (Å²) in [5.41, 5.74) is 1.88. The van der Waals surface area contributed by atoms with E-state index in [4.69, 9.17) is 8.83 Å². The van der Waals surface area contributed by atoms with E-state index in [1.54, 1.807) is 18.2 Å². The average molecular weight is 377 g/mol. The molecule has 1 atom stereocenters. The first-order valence-corrected chi connectivity index (χ1v) is 9.03. The Morgan fingerprint density at radius 3 is 2.39 bits per heavy atom. The monoisotopic (exact) mass is 377 g/mol. The number of amides is 1. The van der Waals surface area contributed by atoms with Gasteiger partial charge in [0.25, 0.3) is 5.91 Å². The van der Waals surface area contributed by atoms with Gasteiger partial charge in [-0.2, -0.15) is 0 Å². The second-order valence-corrected chi connectivity index (χ2v) is 6.58. The predicted octanol–water partition coefficient (Wildman–Crippen LogP) is 4.21.